The molecule has 0 saturated carbocycles. The van der Waals surface area contributed by atoms with E-state index in [9.17, 15) is 9.59 Å². The van der Waals surface area contributed by atoms with Gasteiger partial charge in [0, 0.05) is 45.0 Å². The number of hydrogen-bond donors (Lipinski definition) is 3. The third kappa shape index (κ3) is 4.29. The second-order valence-electron chi connectivity index (χ2n) is 8.72. The Balaban J connectivity index is 1.21. The van der Waals surface area contributed by atoms with E-state index in [0.29, 0.717) is 30.2 Å². The number of carbonyl (C=O) groups excluding carboxylic acids is 1. The summed E-state index contributed by atoms with van der Waals surface area (Å²) in [5.74, 6) is 1.10. The standard InChI is InChI=1S/C24H21N9O3S/c1-12-6-17(21(34)29-10-15-7-14-9-27-19(25)8-18(14)37-15)33-20(12)28-11-16(23(33)35)30-24-31-22(36-32-24)13-2-4-26-5-3-13/h2-5,7-9,11-12,17H,6,10H2,1H3,(H2,25,27)(H,29,34)(H,30,32)/t12-,17+/m1/s1. The second-order valence-corrected chi connectivity index (χ2v) is 9.89. The van der Waals surface area contributed by atoms with E-state index < -0.39 is 6.04 Å². The molecule has 0 radical (unpaired) electrons. The second kappa shape index (κ2) is 9.09. The Morgan fingerprint density at radius 3 is 2.92 bits per heavy atom. The maximum absolute atomic E-state index is 13.4. The van der Waals surface area contributed by atoms with Gasteiger partial charge in [0.1, 0.15) is 23.4 Å². The molecular weight excluding hydrogens is 494 g/mol. The summed E-state index contributed by atoms with van der Waals surface area (Å²) in [6.07, 6.45) is 6.85. The topological polar surface area (TPSA) is 167 Å². The summed E-state index contributed by atoms with van der Waals surface area (Å²) >= 11 is 1.54. The van der Waals surface area contributed by atoms with Gasteiger partial charge in [-0.1, -0.05) is 6.92 Å². The molecule has 2 atom stereocenters. The molecule has 5 aromatic rings. The van der Waals surface area contributed by atoms with Crippen molar-refractivity contribution in [2.45, 2.75) is 31.8 Å². The third-order valence-electron chi connectivity index (χ3n) is 6.16. The number of rotatable bonds is 6. The maximum Gasteiger partial charge on any atom is 0.278 e. The van der Waals surface area contributed by atoms with E-state index in [2.05, 4.69) is 35.7 Å². The van der Waals surface area contributed by atoms with Gasteiger partial charge in [0.2, 0.25) is 5.91 Å². The van der Waals surface area contributed by atoms with Gasteiger partial charge in [0.15, 0.2) is 0 Å². The van der Waals surface area contributed by atoms with E-state index in [0.717, 1.165) is 15.0 Å². The highest BCUT2D eigenvalue weighted by molar-refractivity contribution is 7.19. The quantitative estimate of drug-likeness (QED) is 0.306. The van der Waals surface area contributed by atoms with Crippen LogP contribution in [0.3, 0.4) is 0 Å². The first-order valence-electron chi connectivity index (χ1n) is 11.5. The molecule has 1 aliphatic heterocycles. The van der Waals surface area contributed by atoms with Crippen LogP contribution in [0.25, 0.3) is 21.5 Å². The van der Waals surface area contributed by atoms with E-state index >= 15 is 0 Å². The van der Waals surface area contributed by atoms with E-state index in [-0.39, 0.29) is 34.9 Å². The van der Waals surface area contributed by atoms with Crippen LogP contribution in [-0.2, 0) is 11.3 Å². The van der Waals surface area contributed by atoms with Crippen molar-refractivity contribution in [3.63, 3.8) is 0 Å². The van der Waals surface area contributed by atoms with Crippen LogP contribution < -0.4 is 21.9 Å². The molecule has 0 saturated heterocycles. The first kappa shape index (κ1) is 22.8. The molecule has 6 heterocycles. The molecule has 5 aromatic heterocycles. The first-order chi connectivity index (χ1) is 18.0. The van der Waals surface area contributed by atoms with Crippen LogP contribution in [0.15, 0.2) is 58.4 Å². The highest BCUT2D eigenvalue weighted by Gasteiger charge is 2.35. The smallest absolute Gasteiger partial charge is 0.278 e. The van der Waals surface area contributed by atoms with Gasteiger partial charge >= 0.3 is 0 Å². The monoisotopic (exact) mass is 515 g/mol. The van der Waals surface area contributed by atoms with Gasteiger partial charge in [-0.25, -0.2) is 9.97 Å². The van der Waals surface area contributed by atoms with E-state index in [1.807, 2.05) is 19.1 Å². The maximum atomic E-state index is 13.4. The first-order valence-corrected chi connectivity index (χ1v) is 12.3. The number of carbonyl (C=O) groups is 1. The molecule has 1 aliphatic rings. The fourth-order valence-corrected chi connectivity index (χ4v) is 5.41. The fourth-order valence-electron chi connectivity index (χ4n) is 4.39. The molecular formula is C24H21N9O3S. The van der Waals surface area contributed by atoms with E-state index in [1.54, 1.807) is 30.7 Å². The Labute approximate surface area is 213 Å². The van der Waals surface area contributed by atoms with Gasteiger partial charge in [-0.3, -0.25) is 19.1 Å². The van der Waals surface area contributed by atoms with Crippen molar-refractivity contribution in [1.82, 2.24) is 35.0 Å². The molecule has 12 nitrogen and oxygen atoms in total. The lowest BCUT2D eigenvalue weighted by Gasteiger charge is -2.15. The Kier molecular flexibility index (Phi) is 5.60. The molecule has 0 fully saturated rings. The van der Waals surface area contributed by atoms with Gasteiger partial charge < -0.3 is 20.9 Å². The van der Waals surface area contributed by atoms with Crippen molar-refractivity contribution < 1.29 is 9.32 Å². The van der Waals surface area contributed by atoms with Crippen LogP contribution in [0, 0.1) is 0 Å². The summed E-state index contributed by atoms with van der Waals surface area (Å²) in [6, 6.07) is 6.57. The minimum Gasteiger partial charge on any atom is -0.384 e. The number of amides is 1. The van der Waals surface area contributed by atoms with Crippen molar-refractivity contribution >= 4 is 44.8 Å². The van der Waals surface area contributed by atoms with E-state index in [1.165, 1.54) is 22.1 Å². The number of pyridine rings is 2. The minimum absolute atomic E-state index is 0.0562. The Bertz CT molecular complexity index is 1680. The Hall–Kier alpha value is -4.65. The van der Waals surface area contributed by atoms with E-state index in [4.69, 9.17) is 10.3 Å². The average Bonchev–Trinajstić information content (AvgIpc) is 3.62. The summed E-state index contributed by atoms with van der Waals surface area (Å²) in [6.45, 7) is 2.28. The lowest BCUT2D eigenvalue weighted by Crippen LogP contribution is -2.36. The van der Waals surface area contributed by atoms with Crippen molar-refractivity contribution in [3.8, 4) is 11.5 Å². The number of nitrogen functional groups attached to an aromatic ring is 1. The molecule has 6 rings (SSSR count). The molecule has 13 heteroatoms. The molecule has 186 valence electrons. The number of thiophene rings is 1. The number of aromatic nitrogens is 6. The molecule has 1 amide bonds. The van der Waals surface area contributed by atoms with Crippen LogP contribution in [0.5, 0.6) is 0 Å². The molecule has 0 aromatic carbocycles. The zero-order valence-electron chi connectivity index (χ0n) is 19.6. The number of nitrogens with two attached hydrogens (primary N) is 1. The molecule has 0 unspecified atom stereocenters. The molecule has 4 N–H and O–H groups in total. The normalized spacial score (nSPS) is 16.6. The highest BCUT2D eigenvalue weighted by Crippen LogP contribution is 2.34. The zero-order chi connectivity index (χ0) is 25.5. The largest absolute Gasteiger partial charge is 0.384 e. The summed E-state index contributed by atoms with van der Waals surface area (Å²) in [7, 11) is 0. The number of hydrogen-bond acceptors (Lipinski definition) is 11. The summed E-state index contributed by atoms with van der Waals surface area (Å²) in [4.78, 5) is 44.4. The highest BCUT2D eigenvalue weighted by atomic mass is 32.1. The zero-order valence-corrected chi connectivity index (χ0v) is 20.4. The van der Waals surface area contributed by atoms with Gasteiger partial charge in [-0.05, 0) is 35.8 Å². The van der Waals surface area contributed by atoms with Crippen LogP contribution in [0.4, 0.5) is 17.5 Å². The summed E-state index contributed by atoms with van der Waals surface area (Å²) < 4.78 is 7.73. The van der Waals surface area contributed by atoms with Gasteiger partial charge in [-0.2, -0.15) is 4.98 Å². The summed E-state index contributed by atoms with van der Waals surface area (Å²) in [5.41, 5.74) is 6.23. The van der Waals surface area contributed by atoms with Gasteiger partial charge in [0.05, 0.1) is 12.7 Å². The van der Waals surface area contributed by atoms with Crippen LogP contribution >= 0.6 is 11.3 Å². The van der Waals surface area contributed by atoms with Crippen molar-refractivity contribution in [1.29, 1.82) is 0 Å². The number of anilines is 3. The lowest BCUT2D eigenvalue weighted by atomic mass is 10.1. The van der Waals surface area contributed by atoms with Crippen molar-refractivity contribution in [2.75, 3.05) is 11.1 Å². The van der Waals surface area contributed by atoms with Crippen molar-refractivity contribution in [2.24, 2.45) is 0 Å². The minimum atomic E-state index is -0.684. The summed E-state index contributed by atoms with van der Waals surface area (Å²) in [5, 5.41) is 10.7. The Morgan fingerprint density at radius 2 is 2.08 bits per heavy atom. The number of nitrogens with zero attached hydrogens (tertiary/aromatic N) is 6. The van der Waals surface area contributed by atoms with Gasteiger partial charge in [0.25, 0.3) is 17.4 Å². The predicted molar refractivity (Wildman–Crippen MR) is 137 cm³/mol. The molecule has 37 heavy (non-hydrogen) atoms. The lowest BCUT2D eigenvalue weighted by molar-refractivity contribution is -0.124. The van der Waals surface area contributed by atoms with Gasteiger partial charge in [-0.15, -0.1) is 11.3 Å². The average molecular weight is 516 g/mol. The molecule has 0 spiro atoms. The third-order valence-corrected chi connectivity index (χ3v) is 7.26. The number of fused-ring (bicyclic) bond motifs is 2. The van der Waals surface area contributed by atoms with Crippen LogP contribution in [-0.4, -0.2) is 35.6 Å². The van der Waals surface area contributed by atoms with Crippen LogP contribution in [0.2, 0.25) is 0 Å². The fraction of sp³-hybridized carbons (Fsp3) is 0.208. The van der Waals surface area contributed by atoms with Crippen molar-refractivity contribution in [3.05, 3.63) is 70.1 Å². The molecule has 0 bridgehead atoms. The molecule has 0 aliphatic carbocycles. The number of nitrogens with one attached hydrogen (secondary N) is 2. The van der Waals surface area contributed by atoms with Crippen LogP contribution in [0.1, 0.15) is 36.0 Å². The predicted octanol–water partition coefficient (Wildman–Crippen LogP) is 2.99. The SMILES string of the molecule is C[C@@H]1C[C@@H](C(=O)NCc2cc3cnc(N)cc3s2)n2c1ncc(Nc1noc(-c3ccncc3)n1)c2=O. The Morgan fingerprint density at radius 1 is 1.24 bits per heavy atom.